The molecular formula is C23H29F2N3O. The predicted molar refractivity (Wildman–Crippen MR) is 112 cm³/mol. The van der Waals surface area contributed by atoms with Gasteiger partial charge in [-0.05, 0) is 93.1 Å². The minimum atomic E-state index is -0.325. The summed E-state index contributed by atoms with van der Waals surface area (Å²) in [5, 5.41) is 5.53. The first-order valence-corrected chi connectivity index (χ1v) is 10.4. The SMILES string of the molecule is O=C(NCCCCN1CCCC(Cc2ccc(F)cc2)C1)Nc1ccc(F)cc1. The predicted octanol–water partition coefficient (Wildman–Crippen LogP) is 4.82. The molecule has 0 aromatic heterocycles. The number of nitrogens with one attached hydrogen (secondary N) is 2. The zero-order chi connectivity index (χ0) is 20.5. The van der Waals surface area contributed by atoms with E-state index < -0.39 is 0 Å². The topological polar surface area (TPSA) is 44.4 Å². The van der Waals surface area contributed by atoms with Crippen LogP contribution in [0.4, 0.5) is 19.3 Å². The fraction of sp³-hybridized carbons (Fsp3) is 0.435. The fourth-order valence-corrected chi connectivity index (χ4v) is 3.85. The van der Waals surface area contributed by atoms with Crippen LogP contribution in [0.3, 0.4) is 0 Å². The molecule has 2 N–H and O–H groups in total. The first kappa shape index (κ1) is 21.2. The molecule has 6 heteroatoms. The Morgan fingerprint density at radius 1 is 1.00 bits per heavy atom. The number of rotatable bonds is 8. The maximum absolute atomic E-state index is 13.1. The van der Waals surface area contributed by atoms with E-state index in [4.69, 9.17) is 0 Å². The van der Waals surface area contributed by atoms with Gasteiger partial charge >= 0.3 is 6.03 Å². The van der Waals surface area contributed by atoms with E-state index in [-0.39, 0.29) is 17.7 Å². The zero-order valence-electron chi connectivity index (χ0n) is 16.7. The lowest BCUT2D eigenvalue weighted by Gasteiger charge is -2.32. The second kappa shape index (κ2) is 10.9. The van der Waals surface area contributed by atoms with Crippen molar-refractivity contribution in [1.29, 1.82) is 0 Å². The van der Waals surface area contributed by atoms with Gasteiger partial charge in [0.1, 0.15) is 11.6 Å². The molecule has 0 aliphatic carbocycles. The number of halogens is 2. The van der Waals surface area contributed by atoms with Gasteiger partial charge in [-0.2, -0.15) is 0 Å². The molecule has 2 aromatic carbocycles. The minimum absolute atomic E-state index is 0.182. The molecule has 1 saturated heterocycles. The standard InChI is InChI=1S/C23H29F2N3O/c24-20-7-5-18(6-8-20)16-19-4-3-15-28(17-19)14-2-1-13-26-23(29)27-22-11-9-21(25)10-12-22/h5-12,19H,1-4,13-17H2,(H2,26,27,29). The van der Waals surface area contributed by atoms with Gasteiger partial charge in [0.05, 0.1) is 0 Å². The highest BCUT2D eigenvalue weighted by Gasteiger charge is 2.19. The van der Waals surface area contributed by atoms with Crippen molar-refractivity contribution < 1.29 is 13.6 Å². The Morgan fingerprint density at radius 2 is 1.69 bits per heavy atom. The molecule has 1 atom stereocenters. The summed E-state index contributed by atoms with van der Waals surface area (Å²) in [6.07, 6.45) is 5.36. The number of urea groups is 1. The summed E-state index contributed by atoms with van der Waals surface area (Å²) < 4.78 is 25.9. The number of piperidine rings is 1. The van der Waals surface area contributed by atoms with E-state index >= 15 is 0 Å². The highest BCUT2D eigenvalue weighted by Crippen LogP contribution is 2.21. The number of carbonyl (C=O) groups is 1. The Hall–Kier alpha value is -2.47. The van der Waals surface area contributed by atoms with Crippen LogP contribution >= 0.6 is 0 Å². The Labute approximate surface area is 171 Å². The van der Waals surface area contributed by atoms with Gasteiger partial charge in [-0.15, -0.1) is 0 Å². The number of carbonyl (C=O) groups excluding carboxylic acids is 1. The van der Waals surface area contributed by atoms with Crippen LogP contribution in [0.2, 0.25) is 0 Å². The van der Waals surface area contributed by atoms with Crippen molar-refractivity contribution in [3.8, 4) is 0 Å². The normalized spacial score (nSPS) is 17.1. The smallest absolute Gasteiger partial charge is 0.319 e. The molecule has 4 nitrogen and oxygen atoms in total. The summed E-state index contributed by atoms with van der Waals surface area (Å²) in [6.45, 7) is 3.84. The summed E-state index contributed by atoms with van der Waals surface area (Å²) >= 11 is 0. The maximum atomic E-state index is 13.1. The molecule has 1 aliphatic rings. The van der Waals surface area contributed by atoms with Crippen molar-refractivity contribution in [2.45, 2.75) is 32.1 Å². The maximum Gasteiger partial charge on any atom is 0.319 e. The molecule has 2 aromatic rings. The molecule has 0 bridgehead atoms. The third kappa shape index (κ3) is 7.46. The number of hydrogen-bond acceptors (Lipinski definition) is 2. The van der Waals surface area contributed by atoms with E-state index in [9.17, 15) is 13.6 Å². The Bertz CT molecular complexity index is 765. The van der Waals surface area contributed by atoms with E-state index in [1.165, 1.54) is 54.8 Å². The molecule has 1 heterocycles. The lowest BCUT2D eigenvalue weighted by atomic mass is 9.91. The summed E-state index contributed by atoms with van der Waals surface area (Å²) in [6, 6.07) is 12.3. The van der Waals surface area contributed by atoms with Crippen molar-refractivity contribution in [1.82, 2.24) is 10.2 Å². The zero-order valence-corrected chi connectivity index (χ0v) is 16.7. The van der Waals surface area contributed by atoms with E-state index in [1.807, 2.05) is 12.1 Å². The number of anilines is 1. The summed E-state index contributed by atoms with van der Waals surface area (Å²) in [4.78, 5) is 14.3. The number of unbranched alkanes of at least 4 members (excludes halogenated alkanes) is 1. The molecule has 1 fully saturated rings. The van der Waals surface area contributed by atoms with E-state index in [0.29, 0.717) is 18.2 Å². The van der Waals surface area contributed by atoms with E-state index in [1.54, 1.807) is 0 Å². The molecule has 0 radical (unpaired) electrons. The average Bonchev–Trinajstić information content (AvgIpc) is 2.71. The Morgan fingerprint density at radius 3 is 2.41 bits per heavy atom. The van der Waals surface area contributed by atoms with Crippen molar-refractivity contribution in [2.24, 2.45) is 5.92 Å². The molecular weight excluding hydrogens is 372 g/mol. The van der Waals surface area contributed by atoms with Crippen LogP contribution in [-0.2, 0) is 6.42 Å². The van der Waals surface area contributed by atoms with Crippen molar-refractivity contribution in [2.75, 3.05) is 31.5 Å². The lowest BCUT2D eigenvalue weighted by Crippen LogP contribution is -2.37. The van der Waals surface area contributed by atoms with E-state index in [0.717, 1.165) is 38.9 Å². The van der Waals surface area contributed by atoms with Crippen molar-refractivity contribution in [3.05, 3.63) is 65.7 Å². The Kier molecular flexibility index (Phi) is 7.99. The molecule has 1 aliphatic heterocycles. The van der Waals surface area contributed by atoms with Gasteiger partial charge in [-0.3, -0.25) is 0 Å². The van der Waals surface area contributed by atoms with Gasteiger partial charge in [0.2, 0.25) is 0 Å². The van der Waals surface area contributed by atoms with Crippen LogP contribution in [0.5, 0.6) is 0 Å². The van der Waals surface area contributed by atoms with Gasteiger partial charge in [-0.1, -0.05) is 12.1 Å². The second-order valence-electron chi connectivity index (χ2n) is 7.73. The number of nitrogens with zero attached hydrogens (tertiary/aromatic N) is 1. The molecule has 2 amide bonds. The second-order valence-corrected chi connectivity index (χ2v) is 7.73. The molecule has 3 rings (SSSR count). The van der Waals surface area contributed by atoms with Crippen LogP contribution in [0, 0.1) is 17.6 Å². The largest absolute Gasteiger partial charge is 0.338 e. The highest BCUT2D eigenvalue weighted by atomic mass is 19.1. The minimum Gasteiger partial charge on any atom is -0.338 e. The molecule has 0 saturated carbocycles. The third-order valence-corrected chi connectivity index (χ3v) is 5.33. The first-order chi connectivity index (χ1) is 14.1. The van der Waals surface area contributed by atoms with Crippen LogP contribution in [0.15, 0.2) is 48.5 Å². The van der Waals surface area contributed by atoms with Crippen LogP contribution in [-0.4, -0.2) is 37.1 Å². The summed E-state index contributed by atoms with van der Waals surface area (Å²) in [5.41, 5.74) is 1.78. The quantitative estimate of drug-likeness (QED) is 0.623. The number of likely N-dealkylation sites (tertiary alicyclic amines) is 1. The highest BCUT2D eigenvalue weighted by molar-refractivity contribution is 5.89. The van der Waals surface area contributed by atoms with Crippen molar-refractivity contribution >= 4 is 11.7 Å². The molecule has 29 heavy (non-hydrogen) atoms. The Balaban J connectivity index is 1.29. The monoisotopic (exact) mass is 401 g/mol. The summed E-state index contributed by atoms with van der Waals surface area (Å²) in [7, 11) is 0. The number of benzene rings is 2. The first-order valence-electron chi connectivity index (χ1n) is 10.4. The third-order valence-electron chi connectivity index (χ3n) is 5.33. The van der Waals surface area contributed by atoms with Gasteiger partial charge in [-0.25, -0.2) is 13.6 Å². The van der Waals surface area contributed by atoms with Gasteiger partial charge < -0.3 is 15.5 Å². The van der Waals surface area contributed by atoms with Gasteiger partial charge in [0, 0.05) is 18.8 Å². The fourth-order valence-electron chi connectivity index (χ4n) is 3.85. The van der Waals surface area contributed by atoms with Crippen LogP contribution < -0.4 is 10.6 Å². The molecule has 1 unspecified atom stereocenters. The summed E-state index contributed by atoms with van der Waals surface area (Å²) in [5.74, 6) is 0.112. The van der Waals surface area contributed by atoms with Crippen molar-refractivity contribution in [3.63, 3.8) is 0 Å². The van der Waals surface area contributed by atoms with E-state index in [2.05, 4.69) is 15.5 Å². The van der Waals surface area contributed by atoms with Gasteiger partial charge in [0.15, 0.2) is 0 Å². The average molecular weight is 402 g/mol. The number of amides is 2. The lowest BCUT2D eigenvalue weighted by molar-refractivity contribution is 0.171. The van der Waals surface area contributed by atoms with Crippen LogP contribution in [0.25, 0.3) is 0 Å². The molecule has 156 valence electrons. The van der Waals surface area contributed by atoms with Crippen LogP contribution in [0.1, 0.15) is 31.2 Å². The molecule has 0 spiro atoms. The van der Waals surface area contributed by atoms with Gasteiger partial charge in [0.25, 0.3) is 0 Å². The number of hydrogen-bond donors (Lipinski definition) is 2.